The first-order chi connectivity index (χ1) is 39.2. The Kier molecular flexibility index (Phi) is 24.1. The number of esters is 2. The van der Waals surface area contributed by atoms with Crippen LogP contribution in [0.2, 0.25) is 0 Å². The van der Waals surface area contributed by atoms with Crippen LogP contribution in [-0.2, 0) is 54.3 Å². The molecule has 2 heterocycles. The average Bonchev–Trinajstić information content (AvgIpc) is 4.24. The fourth-order valence-electron chi connectivity index (χ4n) is 10.5. The lowest BCUT2D eigenvalue weighted by molar-refractivity contribution is -0.163. The van der Waals surface area contributed by atoms with E-state index in [-0.39, 0.29) is 55.4 Å². The predicted molar refractivity (Wildman–Crippen MR) is 309 cm³/mol. The number of aliphatic hydroxyl groups is 1. The van der Waals surface area contributed by atoms with Crippen LogP contribution in [0.1, 0.15) is 140 Å². The highest BCUT2D eigenvalue weighted by Crippen LogP contribution is 2.27. The predicted octanol–water partition coefficient (Wildman–Crippen LogP) is 5.49. The maximum absolute atomic E-state index is 15.1. The monoisotopic (exact) mass is 1150 g/mol. The number of hydrogen-bond acceptors (Lipinski definition) is 14. The zero-order valence-corrected chi connectivity index (χ0v) is 50.3. The molecule has 4 N–H and O–H groups in total. The fraction of sp³-hybridized carbons (Fsp3) is 0.556. The number of ether oxygens (including phenoxy) is 3. The molecule has 6 amide bonds. The SMILES string of the molecule is CC[C@H](C)[C@H]1NC(=O)[C@H](NC(=O)[C@@H](CC(C)C)N(C)C(=O)c2ccc(C(=O)c3ccccc3)cc2)[C@H](C)OC(=O)[C@H](Cc2ccc(OC)cc2)N(C)C(=O)[C@@H]2CCCN2C(=O)[C@@H](CC(C)C)NC(=O)[C@@H](C)C(=O)[C@@H](C(C)C)OC(=O)C[C@H]1O. The van der Waals surface area contributed by atoms with Crippen molar-refractivity contribution in [3.63, 3.8) is 0 Å². The zero-order valence-electron chi connectivity index (χ0n) is 50.3. The molecule has 83 heavy (non-hydrogen) atoms. The Morgan fingerprint density at radius 3 is 1.99 bits per heavy atom. The van der Waals surface area contributed by atoms with Gasteiger partial charge in [-0.1, -0.05) is 116 Å². The van der Waals surface area contributed by atoms with Gasteiger partial charge in [-0.25, -0.2) is 4.79 Å². The van der Waals surface area contributed by atoms with Crippen LogP contribution in [0.4, 0.5) is 0 Å². The second-order valence-electron chi connectivity index (χ2n) is 23.3. The summed E-state index contributed by atoms with van der Waals surface area (Å²) in [5, 5.41) is 20.2. The number of rotatable bonds is 16. The minimum Gasteiger partial charge on any atom is -0.497 e. The number of benzene rings is 3. The first-order valence-corrected chi connectivity index (χ1v) is 28.9. The molecule has 452 valence electrons. The first kappa shape index (κ1) is 66.3. The maximum atomic E-state index is 15.1. The van der Waals surface area contributed by atoms with Crippen molar-refractivity contribution < 1.29 is 67.3 Å². The van der Waals surface area contributed by atoms with Crippen molar-refractivity contribution in [3.05, 3.63) is 101 Å². The van der Waals surface area contributed by atoms with Crippen LogP contribution >= 0.6 is 0 Å². The van der Waals surface area contributed by atoms with Gasteiger partial charge in [-0.05, 0) is 93.0 Å². The number of ketones is 2. The van der Waals surface area contributed by atoms with E-state index < -0.39 is 132 Å². The van der Waals surface area contributed by atoms with Crippen LogP contribution in [-0.4, -0.2) is 161 Å². The minimum absolute atomic E-state index is 0.0934. The number of Topliss-reactive ketones (excluding diaryl/α,β-unsaturated/α-hetero) is 1. The molecule has 20 heteroatoms. The quantitative estimate of drug-likeness (QED) is 0.0786. The van der Waals surface area contributed by atoms with Crippen molar-refractivity contribution in [1.29, 1.82) is 0 Å². The number of fused-ring (bicyclic) bond motifs is 1. The third kappa shape index (κ3) is 17.3. The molecule has 0 aromatic heterocycles. The second-order valence-corrected chi connectivity index (χ2v) is 23.3. The second kappa shape index (κ2) is 30.2. The Morgan fingerprint density at radius 2 is 1.41 bits per heavy atom. The van der Waals surface area contributed by atoms with Gasteiger partial charge in [-0.15, -0.1) is 0 Å². The Hall–Kier alpha value is -7.48. The lowest BCUT2D eigenvalue weighted by atomic mass is 9.91. The molecular formula is C63H86N6O14. The van der Waals surface area contributed by atoms with Crippen molar-refractivity contribution in [2.24, 2.45) is 29.6 Å². The van der Waals surface area contributed by atoms with E-state index in [2.05, 4.69) is 16.0 Å². The van der Waals surface area contributed by atoms with Gasteiger partial charge >= 0.3 is 11.9 Å². The molecule has 5 rings (SSSR count). The summed E-state index contributed by atoms with van der Waals surface area (Å²) >= 11 is 0. The van der Waals surface area contributed by atoms with Crippen molar-refractivity contribution in [1.82, 2.24) is 30.7 Å². The van der Waals surface area contributed by atoms with Gasteiger partial charge in [-0.2, -0.15) is 0 Å². The van der Waals surface area contributed by atoms with Crippen LogP contribution in [0.3, 0.4) is 0 Å². The molecule has 2 aliphatic heterocycles. The molecular weight excluding hydrogens is 1060 g/mol. The Balaban J connectivity index is 1.60. The van der Waals surface area contributed by atoms with Crippen molar-refractivity contribution in [2.45, 2.75) is 169 Å². The Morgan fingerprint density at radius 1 is 0.795 bits per heavy atom. The molecule has 0 saturated carbocycles. The lowest BCUT2D eigenvalue weighted by Gasteiger charge is -2.36. The molecule has 2 aliphatic rings. The maximum Gasteiger partial charge on any atom is 0.329 e. The van der Waals surface area contributed by atoms with E-state index in [1.807, 2.05) is 27.7 Å². The number of carbonyl (C=O) groups is 10. The van der Waals surface area contributed by atoms with Crippen molar-refractivity contribution >= 4 is 58.9 Å². The van der Waals surface area contributed by atoms with Crippen LogP contribution in [0.25, 0.3) is 0 Å². The Labute approximate surface area is 488 Å². The molecule has 0 spiro atoms. The Bertz CT molecular complexity index is 2770. The van der Waals surface area contributed by atoms with Crippen molar-refractivity contribution in [3.8, 4) is 5.75 Å². The molecule has 0 aliphatic carbocycles. The van der Waals surface area contributed by atoms with E-state index in [1.54, 1.807) is 82.3 Å². The van der Waals surface area contributed by atoms with Gasteiger partial charge < -0.3 is 50.0 Å². The highest BCUT2D eigenvalue weighted by Gasteiger charge is 2.45. The third-order valence-electron chi connectivity index (χ3n) is 15.7. The summed E-state index contributed by atoms with van der Waals surface area (Å²) in [7, 11) is 4.33. The van der Waals surface area contributed by atoms with E-state index in [1.165, 1.54) is 74.0 Å². The summed E-state index contributed by atoms with van der Waals surface area (Å²) in [6.45, 7) is 17.0. The fourth-order valence-corrected chi connectivity index (χ4v) is 10.5. The number of aliphatic hydroxyl groups excluding tert-OH is 1. The summed E-state index contributed by atoms with van der Waals surface area (Å²) in [6.07, 6.45) is -4.30. The van der Waals surface area contributed by atoms with Crippen LogP contribution in [0.15, 0.2) is 78.9 Å². The molecule has 3 aromatic carbocycles. The molecule has 3 aromatic rings. The van der Waals surface area contributed by atoms with E-state index >= 15 is 9.59 Å². The van der Waals surface area contributed by atoms with Gasteiger partial charge in [0.25, 0.3) is 5.91 Å². The van der Waals surface area contributed by atoms with Crippen LogP contribution in [0, 0.1) is 29.6 Å². The third-order valence-corrected chi connectivity index (χ3v) is 15.7. The smallest absolute Gasteiger partial charge is 0.329 e. The van der Waals surface area contributed by atoms with E-state index in [9.17, 15) is 43.5 Å². The van der Waals surface area contributed by atoms with E-state index in [4.69, 9.17) is 14.2 Å². The molecule has 2 fully saturated rings. The van der Waals surface area contributed by atoms with E-state index in [0.717, 1.165) is 0 Å². The number of cyclic esters (lactones) is 2. The molecule has 2 saturated heterocycles. The summed E-state index contributed by atoms with van der Waals surface area (Å²) < 4.78 is 17.3. The molecule has 20 nitrogen and oxygen atoms in total. The first-order valence-electron chi connectivity index (χ1n) is 28.9. The number of methoxy groups -OCH3 is 1. The number of hydrogen-bond donors (Lipinski definition) is 4. The molecule has 0 unspecified atom stereocenters. The highest BCUT2D eigenvalue weighted by molar-refractivity contribution is 6.09. The highest BCUT2D eigenvalue weighted by atomic mass is 16.6. The molecule has 11 atom stereocenters. The van der Waals surface area contributed by atoms with Crippen molar-refractivity contribution in [2.75, 3.05) is 27.7 Å². The van der Waals surface area contributed by atoms with Gasteiger partial charge in [0, 0.05) is 43.8 Å². The summed E-state index contributed by atoms with van der Waals surface area (Å²) in [5.74, 6) is -9.78. The van der Waals surface area contributed by atoms with Gasteiger partial charge in [0.2, 0.25) is 29.5 Å². The average molecular weight is 1150 g/mol. The largest absolute Gasteiger partial charge is 0.497 e. The van der Waals surface area contributed by atoms with Crippen LogP contribution < -0.4 is 20.7 Å². The molecule has 0 radical (unpaired) electrons. The van der Waals surface area contributed by atoms with E-state index in [0.29, 0.717) is 35.3 Å². The zero-order chi connectivity index (χ0) is 61.6. The van der Waals surface area contributed by atoms with Gasteiger partial charge in [0.15, 0.2) is 17.7 Å². The number of carbonyl (C=O) groups excluding carboxylic acids is 10. The topological polar surface area (TPSA) is 264 Å². The molecule has 0 bridgehead atoms. The van der Waals surface area contributed by atoms with Gasteiger partial charge in [0.05, 0.1) is 31.6 Å². The summed E-state index contributed by atoms with van der Waals surface area (Å²) in [4.78, 5) is 148. The van der Waals surface area contributed by atoms with Gasteiger partial charge in [-0.3, -0.25) is 43.2 Å². The number of amides is 6. The van der Waals surface area contributed by atoms with Gasteiger partial charge in [0.1, 0.15) is 42.1 Å². The minimum atomic E-state index is -1.75. The lowest BCUT2D eigenvalue weighted by Crippen LogP contribution is -2.61. The summed E-state index contributed by atoms with van der Waals surface area (Å²) in [5.41, 5.74) is 1.54. The summed E-state index contributed by atoms with van der Waals surface area (Å²) in [6, 6.07) is 13.5. The normalized spacial score (nSPS) is 24.5. The number of nitrogens with zero attached hydrogens (tertiary/aromatic N) is 3. The number of nitrogens with one attached hydrogen (secondary N) is 3. The number of likely N-dealkylation sites (N-methyl/N-ethyl adjacent to an activating group) is 2. The van der Waals surface area contributed by atoms with Crippen LogP contribution in [0.5, 0.6) is 5.75 Å². The standard InChI is InChI=1S/C63H86N6O14/c1-14-38(8)52-50(70)34-51(71)83-56(37(6)7)54(72)39(9)57(74)64-46(31-35(2)3)61(78)69-30-18-21-47(69)62(79)68(12)49(33-41-22-28-45(81-13)29-23-41)63(80)82-40(10)53(59(76)65-52)66-58(75)48(32-36(4)5)67(11)60(77)44-26-24-43(25-27-44)55(73)42-19-16-15-17-20-42/h15-17,19-20,22-29,35-40,46-50,52-53,56,70H,14,18,21,30-34H2,1-13H3,(H,64,74)(H,65,76)(H,66,75)/t38-,39-,40-,46+,47-,48+,49-,50+,52+,53+,56+/m0/s1.